The number of urea groups is 1. The van der Waals surface area contributed by atoms with Crippen LogP contribution in [-0.4, -0.2) is 40.5 Å². The number of rotatable bonds is 5. The predicted molar refractivity (Wildman–Crippen MR) is 128 cm³/mol. The first-order chi connectivity index (χ1) is 15.9. The second-order valence-corrected chi connectivity index (χ2v) is 9.56. The molecule has 0 spiro atoms. The number of benzene rings is 1. The summed E-state index contributed by atoms with van der Waals surface area (Å²) in [6, 6.07) is 10.5. The quantitative estimate of drug-likeness (QED) is 0.695. The van der Waals surface area contributed by atoms with E-state index in [2.05, 4.69) is 10.6 Å². The number of amides is 3. The van der Waals surface area contributed by atoms with Gasteiger partial charge >= 0.3 is 6.03 Å². The summed E-state index contributed by atoms with van der Waals surface area (Å²) in [4.78, 5) is 39.2. The molecule has 3 amide bonds. The van der Waals surface area contributed by atoms with Gasteiger partial charge in [-0.25, -0.2) is 4.79 Å². The number of carbonyl (C=O) groups excluding carboxylic acids is 2. The highest BCUT2D eigenvalue weighted by Gasteiger charge is 2.30. The largest absolute Gasteiger partial charge is 0.338 e. The first-order valence-electron chi connectivity index (χ1n) is 11.7. The second-order valence-electron chi connectivity index (χ2n) is 9.13. The topological polar surface area (TPSA) is 83.4 Å². The molecule has 0 radical (unpaired) electrons. The number of hydrogen-bond donors (Lipinski definition) is 2. The van der Waals surface area contributed by atoms with Crippen molar-refractivity contribution in [1.29, 1.82) is 0 Å². The highest BCUT2D eigenvalue weighted by atomic mass is 35.5. The van der Waals surface area contributed by atoms with Gasteiger partial charge in [-0.1, -0.05) is 36.6 Å². The molecule has 1 aliphatic carbocycles. The average molecular weight is 471 g/mol. The van der Waals surface area contributed by atoms with Crippen LogP contribution in [-0.2, 0) is 7.05 Å². The Morgan fingerprint density at radius 3 is 2.45 bits per heavy atom. The van der Waals surface area contributed by atoms with Gasteiger partial charge < -0.3 is 20.1 Å². The fourth-order valence-corrected chi connectivity index (χ4v) is 5.12. The van der Waals surface area contributed by atoms with Crippen molar-refractivity contribution in [1.82, 2.24) is 20.1 Å². The molecule has 1 unspecified atom stereocenters. The van der Waals surface area contributed by atoms with Gasteiger partial charge in [-0.3, -0.25) is 9.59 Å². The number of nitrogens with zero attached hydrogens (tertiary/aromatic N) is 2. The van der Waals surface area contributed by atoms with Gasteiger partial charge in [0.05, 0.1) is 6.04 Å². The second kappa shape index (κ2) is 10.4. The molecule has 1 saturated carbocycles. The number of hydrogen-bond acceptors (Lipinski definition) is 3. The molecule has 2 N–H and O–H groups in total. The average Bonchev–Trinajstić information content (AvgIpc) is 3.34. The molecule has 0 bridgehead atoms. The predicted octanol–water partition coefficient (Wildman–Crippen LogP) is 3.87. The van der Waals surface area contributed by atoms with Crippen molar-refractivity contribution < 1.29 is 9.59 Å². The molecular weight excluding hydrogens is 440 g/mol. The molecule has 1 aliphatic heterocycles. The highest BCUT2D eigenvalue weighted by molar-refractivity contribution is 6.30. The van der Waals surface area contributed by atoms with Gasteiger partial charge in [-0.2, -0.15) is 0 Å². The van der Waals surface area contributed by atoms with Crippen molar-refractivity contribution in [2.75, 3.05) is 13.1 Å². The Bertz CT molecular complexity index is 1060. The maximum Gasteiger partial charge on any atom is 0.315 e. The van der Waals surface area contributed by atoms with Crippen molar-refractivity contribution in [2.24, 2.45) is 13.0 Å². The Morgan fingerprint density at radius 2 is 1.79 bits per heavy atom. The summed E-state index contributed by atoms with van der Waals surface area (Å²) in [5, 5.41) is 6.97. The summed E-state index contributed by atoms with van der Waals surface area (Å²) >= 11 is 6.21. The zero-order chi connectivity index (χ0) is 23.4. The lowest BCUT2D eigenvalue weighted by Gasteiger charge is -2.33. The van der Waals surface area contributed by atoms with Crippen LogP contribution in [0, 0.1) is 5.92 Å². The van der Waals surface area contributed by atoms with Gasteiger partial charge in [0.25, 0.3) is 11.5 Å². The summed E-state index contributed by atoms with van der Waals surface area (Å²) in [5.74, 6) is 0.269. The maximum absolute atomic E-state index is 12.9. The number of carbonyl (C=O) groups is 2. The van der Waals surface area contributed by atoms with Crippen LogP contribution in [0.1, 0.15) is 60.5 Å². The minimum atomic E-state index is -0.203. The van der Waals surface area contributed by atoms with Crippen LogP contribution >= 0.6 is 11.6 Å². The fraction of sp³-hybridized carbons (Fsp3) is 0.480. The number of aryl methyl sites for hydroxylation is 1. The van der Waals surface area contributed by atoms with Crippen molar-refractivity contribution in [3.8, 4) is 0 Å². The molecule has 1 aromatic carbocycles. The SMILES string of the molecule is Cn1ccc(C(=O)N2CCC(NC(=O)NC(c3cccc(Cl)c3)C3CCCC3)CC2)cc1=O. The smallest absolute Gasteiger partial charge is 0.315 e. The van der Waals surface area contributed by atoms with Gasteiger partial charge in [0.1, 0.15) is 0 Å². The van der Waals surface area contributed by atoms with Crippen LogP contribution in [0.2, 0.25) is 5.02 Å². The molecule has 7 nitrogen and oxygen atoms in total. The Balaban J connectivity index is 1.32. The number of halogens is 1. The number of aromatic nitrogens is 1. The first-order valence-corrected chi connectivity index (χ1v) is 12.1. The minimum absolute atomic E-state index is 0.00119. The Kier molecular flexibility index (Phi) is 7.38. The lowest BCUT2D eigenvalue weighted by molar-refractivity contribution is 0.0707. The van der Waals surface area contributed by atoms with E-state index in [4.69, 9.17) is 11.6 Å². The third-order valence-electron chi connectivity index (χ3n) is 6.83. The molecule has 1 saturated heterocycles. The summed E-state index contributed by atoms with van der Waals surface area (Å²) in [6.45, 7) is 1.08. The summed E-state index contributed by atoms with van der Waals surface area (Å²) < 4.78 is 1.44. The minimum Gasteiger partial charge on any atom is -0.338 e. The van der Waals surface area contributed by atoms with Crippen molar-refractivity contribution in [2.45, 2.75) is 50.6 Å². The normalized spacial score (nSPS) is 18.2. The molecule has 8 heteroatoms. The van der Waals surface area contributed by atoms with E-state index in [1.807, 2.05) is 24.3 Å². The molecule has 2 aromatic rings. The van der Waals surface area contributed by atoms with E-state index in [1.165, 1.54) is 23.5 Å². The highest BCUT2D eigenvalue weighted by Crippen LogP contribution is 2.36. The van der Waals surface area contributed by atoms with E-state index in [0.717, 1.165) is 18.4 Å². The van der Waals surface area contributed by atoms with Crippen LogP contribution in [0.15, 0.2) is 47.4 Å². The molecule has 1 atom stereocenters. The van der Waals surface area contributed by atoms with Crippen molar-refractivity contribution >= 4 is 23.5 Å². The summed E-state index contributed by atoms with van der Waals surface area (Å²) in [6.07, 6.45) is 7.52. The zero-order valence-electron chi connectivity index (χ0n) is 18.9. The zero-order valence-corrected chi connectivity index (χ0v) is 19.7. The monoisotopic (exact) mass is 470 g/mol. The summed E-state index contributed by atoms with van der Waals surface area (Å²) in [7, 11) is 1.66. The Morgan fingerprint density at radius 1 is 1.06 bits per heavy atom. The van der Waals surface area contributed by atoms with Gasteiger partial charge in [-0.15, -0.1) is 0 Å². The van der Waals surface area contributed by atoms with Crippen LogP contribution in [0.3, 0.4) is 0 Å². The van der Waals surface area contributed by atoms with Crippen LogP contribution in [0.25, 0.3) is 0 Å². The van der Waals surface area contributed by atoms with Gasteiger partial charge in [0.2, 0.25) is 0 Å². The van der Waals surface area contributed by atoms with Gasteiger partial charge in [0.15, 0.2) is 0 Å². The van der Waals surface area contributed by atoms with E-state index in [1.54, 1.807) is 24.2 Å². The van der Waals surface area contributed by atoms with E-state index >= 15 is 0 Å². The van der Waals surface area contributed by atoms with E-state index in [-0.39, 0.29) is 29.6 Å². The molecule has 2 fully saturated rings. The third-order valence-corrected chi connectivity index (χ3v) is 7.07. The number of piperidine rings is 1. The van der Waals surface area contributed by atoms with Gasteiger partial charge in [-0.05, 0) is 55.4 Å². The molecule has 1 aromatic heterocycles. The molecule has 176 valence electrons. The Labute approximate surface area is 199 Å². The lowest BCUT2D eigenvalue weighted by atomic mass is 9.91. The molecule has 4 rings (SSSR count). The first kappa shape index (κ1) is 23.4. The van der Waals surface area contributed by atoms with Crippen LogP contribution in [0.5, 0.6) is 0 Å². The van der Waals surface area contributed by atoms with Crippen LogP contribution in [0.4, 0.5) is 4.79 Å². The molecule has 2 aliphatic rings. The third kappa shape index (κ3) is 5.77. The molecule has 33 heavy (non-hydrogen) atoms. The fourth-order valence-electron chi connectivity index (χ4n) is 4.92. The number of pyridine rings is 1. The summed E-state index contributed by atoms with van der Waals surface area (Å²) in [5.41, 5.74) is 1.24. The molecular formula is C25H31ClN4O3. The maximum atomic E-state index is 12.9. The Hall–Kier alpha value is -2.80. The van der Waals surface area contributed by atoms with E-state index in [9.17, 15) is 14.4 Å². The molecule has 2 heterocycles. The number of nitrogens with one attached hydrogen (secondary N) is 2. The van der Waals surface area contributed by atoms with E-state index in [0.29, 0.717) is 42.4 Å². The van der Waals surface area contributed by atoms with Crippen molar-refractivity contribution in [3.05, 3.63) is 69.1 Å². The van der Waals surface area contributed by atoms with Crippen LogP contribution < -0.4 is 16.2 Å². The van der Waals surface area contributed by atoms with Gasteiger partial charge in [0, 0.05) is 49.0 Å². The standard InChI is InChI=1S/C25H31ClN4O3/c1-29-12-9-19(16-22(29)31)24(32)30-13-10-21(11-14-30)27-25(33)28-23(17-5-2-3-6-17)18-7-4-8-20(26)15-18/h4,7-9,12,15-17,21,23H,2-3,5-6,10-11,13-14H2,1H3,(H2,27,28,33). The van der Waals surface area contributed by atoms with Crippen molar-refractivity contribution in [3.63, 3.8) is 0 Å². The number of likely N-dealkylation sites (tertiary alicyclic amines) is 1. The lowest BCUT2D eigenvalue weighted by Crippen LogP contribution is -2.50. The van der Waals surface area contributed by atoms with E-state index < -0.39 is 0 Å².